The monoisotopic (exact) mass is 443 g/mol. The van der Waals surface area contributed by atoms with E-state index >= 15 is 0 Å². The molecule has 1 saturated carbocycles. The largest absolute Gasteiger partial charge is 0.385 e. The second kappa shape index (κ2) is 10.9. The summed E-state index contributed by atoms with van der Waals surface area (Å²) in [4.78, 5) is 0. The summed E-state index contributed by atoms with van der Waals surface area (Å²) in [5.74, 6) is 1.66. The maximum Gasteiger partial charge on any atom is 0.155 e. The molecule has 0 saturated heterocycles. The average molecular weight is 444 g/mol. The summed E-state index contributed by atoms with van der Waals surface area (Å²) >= 11 is -1.71. The topological polar surface area (TPSA) is 83.5 Å². The van der Waals surface area contributed by atoms with Crippen molar-refractivity contribution < 1.29 is 17.2 Å². The molecule has 1 atom stereocenters. The van der Waals surface area contributed by atoms with E-state index in [0.717, 1.165) is 44.2 Å². The molecule has 1 fully saturated rings. The quantitative estimate of drug-likeness (QED) is 0.406. The predicted octanol–water partition coefficient (Wildman–Crippen LogP) is 4.66. The highest BCUT2D eigenvalue weighted by atomic mass is 32.2. The van der Waals surface area contributed by atoms with E-state index in [1.165, 1.54) is 5.56 Å². The first-order chi connectivity index (χ1) is 13.6. The van der Waals surface area contributed by atoms with Crippen LogP contribution in [0.3, 0.4) is 0 Å². The number of rotatable bonds is 10. The molecule has 1 aliphatic carbocycles. The van der Waals surface area contributed by atoms with Crippen molar-refractivity contribution in [1.82, 2.24) is 0 Å². The Morgan fingerprint density at radius 1 is 1.07 bits per heavy atom. The highest BCUT2D eigenvalue weighted by molar-refractivity contribution is 7.92. The first kappa shape index (κ1) is 24.4. The SMILES string of the molecule is CC(C)(C)S(=O)(=O)CC1CCC(CCc2ccc(NCCCS(=O)O)cc2)CC1. The molecular weight excluding hydrogens is 406 g/mol. The molecule has 0 heterocycles. The Hall–Kier alpha value is -0.920. The van der Waals surface area contributed by atoms with Crippen LogP contribution >= 0.6 is 0 Å². The molecule has 0 bridgehead atoms. The van der Waals surface area contributed by atoms with E-state index in [1.807, 2.05) is 0 Å². The minimum absolute atomic E-state index is 0.301. The van der Waals surface area contributed by atoms with Crippen molar-refractivity contribution in [3.8, 4) is 0 Å². The van der Waals surface area contributed by atoms with Gasteiger partial charge in [-0.05, 0) is 82.4 Å². The van der Waals surface area contributed by atoms with Gasteiger partial charge in [-0.3, -0.25) is 0 Å². The van der Waals surface area contributed by atoms with Crippen LogP contribution in [0.25, 0.3) is 0 Å². The van der Waals surface area contributed by atoms with Gasteiger partial charge in [-0.15, -0.1) is 0 Å². The minimum Gasteiger partial charge on any atom is -0.385 e. The normalized spacial score (nSPS) is 21.7. The third kappa shape index (κ3) is 8.38. The van der Waals surface area contributed by atoms with E-state index in [9.17, 15) is 12.6 Å². The van der Waals surface area contributed by atoms with Crippen LogP contribution < -0.4 is 5.32 Å². The van der Waals surface area contributed by atoms with Crippen molar-refractivity contribution in [3.63, 3.8) is 0 Å². The third-order valence-electron chi connectivity index (χ3n) is 5.97. The van der Waals surface area contributed by atoms with Crippen LogP contribution in [0.5, 0.6) is 0 Å². The number of hydrogen-bond donors (Lipinski definition) is 2. The second-order valence-corrected chi connectivity index (χ2v) is 13.2. The first-order valence-corrected chi connectivity index (χ1v) is 13.6. The highest BCUT2D eigenvalue weighted by Crippen LogP contribution is 2.34. The van der Waals surface area contributed by atoms with Crippen molar-refractivity contribution in [2.75, 3.05) is 23.4 Å². The summed E-state index contributed by atoms with van der Waals surface area (Å²) < 4.78 is 43.6. The molecule has 0 aromatic heterocycles. The zero-order chi connectivity index (χ0) is 21.5. The Morgan fingerprint density at radius 2 is 1.66 bits per heavy atom. The second-order valence-electron chi connectivity index (χ2n) is 9.32. The fraction of sp³-hybridized carbons (Fsp3) is 0.727. The smallest absolute Gasteiger partial charge is 0.155 e. The molecule has 0 spiro atoms. The van der Waals surface area contributed by atoms with Gasteiger partial charge < -0.3 is 9.87 Å². The molecule has 0 radical (unpaired) electrons. The van der Waals surface area contributed by atoms with Crippen LogP contribution in [-0.2, 0) is 27.3 Å². The Kier molecular flexibility index (Phi) is 9.16. The molecule has 29 heavy (non-hydrogen) atoms. The number of nitrogens with one attached hydrogen (secondary N) is 1. The van der Waals surface area contributed by atoms with Crippen LogP contribution in [0.2, 0.25) is 0 Å². The van der Waals surface area contributed by atoms with Crippen LogP contribution in [0.4, 0.5) is 5.69 Å². The van der Waals surface area contributed by atoms with Gasteiger partial charge in [-0.2, -0.15) is 0 Å². The molecular formula is C22H37NO4S2. The number of hydrogen-bond acceptors (Lipinski definition) is 4. The van der Waals surface area contributed by atoms with Gasteiger partial charge in [-0.25, -0.2) is 12.6 Å². The minimum atomic E-state index is -3.02. The van der Waals surface area contributed by atoms with E-state index in [0.29, 0.717) is 36.3 Å². The Morgan fingerprint density at radius 3 is 2.21 bits per heavy atom. The lowest BCUT2D eigenvalue weighted by atomic mass is 9.80. The molecule has 1 unspecified atom stereocenters. The molecule has 1 aromatic carbocycles. The van der Waals surface area contributed by atoms with Crippen molar-refractivity contribution in [2.24, 2.45) is 11.8 Å². The van der Waals surface area contributed by atoms with Crippen molar-refractivity contribution in [2.45, 2.75) is 70.5 Å². The molecule has 7 heteroatoms. The van der Waals surface area contributed by atoms with Gasteiger partial charge in [0.15, 0.2) is 20.9 Å². The zero-order valence-corrected chi connectivity index (χ0v) is 19.7. The lowest BCUT2D eigenvalue weighted by Gasteiger charge is -2.30. The van der Waals surface area contributed by atoms with Crippen LogP contribution in [0, 0.1) is 11.8 Å². The molecule has 2 rings (SSSR count). The van der Waals surface area contributed by atoms with Crippen LogP contribution in [0.1, 0.15) is 64.9 Å². The summed E-state index contributed by atoms with van der Waals surface area (Å²) in [6.07, 6.45) is 7.22. The molecule has 1 aliphatic rings. The lowest BCUT2D eigenvalue weighted by Crippen LogP contribution is -2.34. The predicted molar refractivity (Wildman–Crippen MR) is 122 cm³/mol. The first-order valence-electron chi connectivity index (χ1n) is 10.7. The van der Waals surface area contributed by atoms with E-state index in [4.69, 9.17) is 4.55 Å². The lowest BCUT2D eigenvalue weighted by molar-refractivity contribution is 0.278. The number of aryl methyl sites for hydroxylation is 1. The van der Waals surface area contributed by atoms with Crippen molar-refractivity contribution >= 4 is 26.6 Å². The summed E-state index contributed by atoms with van der Waals surface area (Å²) in [7, 11) is -3.02. The molecule has 0 amide bonds. The maximum absolute atomic E-state index is 12.4. The zero-order valence-electron chi connectivity index (χ0n) is 18.0. The molecule has 2 N–H and O–H groups in total. The third-order valence-corrected chi connectivity index (χ3v) is 9.39. The Labute approximate surface area is 179 Å². The number of sulfone groups is 1. The van der Waals surface area contributed by atoms with Gasteiger partial charge in [0, 0.05) is 12.2 Å². The molecule has 1 aromatic rings. The Balaban J connectivity index is 1.69. The summed E-state index contributed by atoms with van der Waals surface area (Å²) in [5.41, 5.74) is 2.36. The summed E-state index contributed by atoms with van der Waals surface area (Å²) in [6.45, 7) is 6.09. The fourth-order valence-electron chi connectivity index (χ4n) is 3.84. The highest BCUT2D eigenvalue weighted by Gasteiger charge is 2.33. The van der Waals surface area contributed by atoms with Crippen LogP contribution in [-0.4, -0.2) is 40.0 Å². The van der Waals surface area contributed by atoms with Gasteiger partial charge in [-0.1, -0.05) is 25.0 Å². The number of benzene rings is 1. The van der Waals surface area contributed by atoms with Gasteiger partial charge in [0.1, 0.15) is 0 Å². The molecule has 166 valence electrons. The molecule has 0 aliphatic heterocycles. The van der Waals surface area contributed by atoms with Gasteiger partial charge in [0.2, 0.25) is 0 Å². The average Bonchev–Trinajstić information content (AvgIpc) is 2.64. The maximum atomic E-state index is 12.4. The van der Waals surface area contributed by atoms with Crippen LogP contribution in [0.15, 0.2) is 24.3 Å². The summed E-state index contributed by atoms with van der Waals surface area (Å²) in [6, 6.07) is 8.43. The van der Waals surface area contributed by atoms with E-state index in [2.05, 4.69) is 29.6 Å². The number of anilines is 1. The van der Waals surface area contributed by atoms with Gasteiger partial charge in [0.25, 0.3) is 0 Å². The summed E-state index contributed by atoms with van der Waals surface area (Å²) in [5, 5.41) is 3.27. The van der Waals surface area contributed by atoms with Crippen molar-refractivity contribution in [1.29, 1.82) is 0 Å². The van der Waals surface area contributed by atoms with E-state index in [1.54, 1.807) is 20.8 Å². The standard InChI is InChI=1S/C22H37NO4S2/c1-22(2,3)29(26,27)17-20-9-7-18(8-10-20)5-6-19-11-13-21(14-12-19)23-15-4-16-28(24)25/h11-14,18,20,23H,4-10,15-17H2,1-3H3,(H,24,25). The van der Waals surface area contributed by atoms with Crippen molar-refractivity contribution in [3.05, 3.63) is 29.8 Å². The fourth-order valence-corrected chi connectivity index (χ4v) is 5.68. The van der Waals surface area contributed by atoms with Gasteiger partial charge in [0.05, 0.1) is 16.3 Å². The van der Waals surface area contributed by atoms with E-state index in [-0.39, 0.29) is 0 Å². The molecule has 5 nitrogen and oxygen atoms in total. The van der Waals surface area contributed by atoms with Gasteiger partial charge >= 0.3 is 0 Å². The van der Waals surface area contributed by atoms with E-state index < -0.39 is 25.7 Å². The Bertz CT molecular complexity index is 746.